The van der Waals surface area contributed by atoms with E-state index in [1.54, 1.807) is 6.07 Å². The fraction of sp³-hybridized carbons (Fsp3) is 0.250. The normalized spacial score (nSPS) is 13.5. The SMILES string of the molecule is COc1ccc(-n2c3c(c4ncnc(N)c42)CCC3)cc1F. The molecule has 0 bridgehead atoms. The van der Waals surface area contributed by atoms with E-state index < -0.39 is 5.82 Å². The number of nitrogen functional groups attached to an aromatic ring is 1. The third-order valence-corrected chi connectivity index (χ3v) is 4.21. The number of halogens is 1. The molecule has 1 aliphatic carbocycles. The Balaban J connectivity index is 2.05. The highest BCUT2D eigenvalue weighted by Gasteiger charge is 2.25. The molecule has 0 spiro atoms. The van der Waals surface area contributed by atoms with Crippen LogP contribution in [0.1, 0.15) is 17.7 Å². The Labute approximate surface area is 126 Å². The van der Waals surface area contributed by atoms with Crippen LogP contribution in [0.2, 0.25) is 0 Å². The maximum absolute atomic E-state index is 14.1. The van der Waals surface area contributed by atoms with Crippen molar-refractivity contribution in [3.05, 3.63) is 41.6 Å². The lowest BCUT2D eigenvalue weighted by molar-refractivity contribution is 0.386. The van der Waals surface area contributed by atoms with Crippen LogP contribution < -0.4 is 10.5 Å². The second kappa shape index (κ2) is 4.69. The van der Waals surface area contributed by atoms with Gasteiger partial charge in [0.15, 0.2) is 17.4 Å². The van der Waals surface area contributed by atoms with Crippen LogP contribution in [0.5, 0.6) is 5.75 Å². The quantitative estimate of drug-likeness (QED) is 0.790. The Morgan fingerprint density at radius 1 is 1.27 bits per heavy atom. The molecule has 0 fully saturated rings. The topological polar surface area (TPSA) is 66.0 Å². The lowest BCUT2D eigenvalue weighted by atomic mass is 10.2. The van der Waals surface area contributed by atoms with Crippen LogP contribution in [-0.4, -0.2) is 21.6 Å². The van der Waals surface area contributed by atoms with Gasteiger partial charge in [-0.2, -0.15) is 0 Å². The van der Waals surface area contributed by atoms with E-state index in [1.165, 1.54) is 25.1 Å². The molecule has 112 valence electrons. The number of nitrogens with two attached hydrogens (primary N) is 1. The zero-order chi connectivity index (χ0) is 15.3. The highest BCUT2D eigenvalue weighted by atomic mass is 19.1. The van der Waals surface area contributed by atoms with Gasteiger partial charge >= 0.3 is 0 Å². The number of anilines is 1. The molecule has 2 aromatic heterocycles. The van der Waals surface area contributed by atoms with Crippen molar-refractivity contribution < 1.29 is 9.13 Å². The van der Waals surface area contributed by atoms with Crippen LogP contribution in [0, 0.1) is 5.82 Å². The van der Waals surface area contributed by atoms with Crippen molar-refractivity contribution in [1.82, 2.24) is 14.5 Å². The summed E-state index contributed by atoms with van der Waals surface area (Å²) >= 11 is 0. The summed E-state index contributed by atoms with van der Waals surface area (Å²) < 4.78 is 21.1. The zero-order valence-corrected chi connectivity index (χ0v) is 12.1. The second-order valence-electron chi connectivity index (χ2n) is 5.39. The van der Waals surface area contributed by atoms with Gasteiger partial charge in [-0.05, 0) is 37.0 Å². The summed E-state index contributed by atoms with van der Waals surface area (Å²) in [7, 11) is 1.45. The van der Waals surface area contributed by atoms with E-state index in [4.69, 9.17) is 10.5 Å². The van der Waals surface area contributed by atoms with E-state index in [9.17, 15) is 4.39 Å². The molecule has 0 unspecified atom stereocenters. The molecule has 4 rings (SSSR count). The van der Waals surface area contributed by atoms with Crippen molar-refractivity contribution in [2.75, 3.05) is 12.8 Å². The summed E-state index contributed by atoms with van der Waals surface area (Å²) in [4.78, 5) is 8.48. The van der Waals surface area contributed by atoms with Gasteiger partial charge in [0.1, 0.15) is 11.8 Å². The van der Waals surface area contributed by atoms with Crippen molar-refractivity contribution in [3.8, 4) is 11.4 Å². The van der Waals surface area contributed by atoms with E-state index in [0.717, 1.165) is 36.0 Å². The van der Waals surface area contributed by atoms with Crippen molar-refractivity contribution >= 4 is 16.9 Å². The second-order valence-corrected chi connectivity index (χ2v) is 5.39. The summed E-state index contributed by atoms with van der Waals surface area (Å²) in [5.41, 5.74) is 10.7. The van der Waals surface area contributed by atoms with Crippen LogP contribution >= 0.6 is 0 Å². The standard InChI is InChI=1S/C16H15FN4O/c1-22-13-6-5-9(7-11(13)17)21-12-4-2-3-10(12)14-15(21)16(18)20-8-19-14/h5-8H,2-4H2,1H3,(H2,18,19,20). The molecule has 5 nitrogen and oxygen atoms in total. The first kappa shape index (κ1) is 13.1. The Kier molecular flexibility index (Phi) is 2.79. The molecule has 0 saturated carbocycles. The molecule has 2 N–H and O–H groups in total. The Morgan fingerprint density at radius 3 is 2.91 bits per heavy atom. The van der Waals surface area contributed by atoms with Gasteiger partial charge in [0.25, 0.3) is 0 Å². The number of aromatic nitrogens is 3. The lowest BCUT2D eigenvalue weighted by Gasteiger charge is -2.11. The van der Waals surface area contributed by atoms with Crippen LogP contribution in [-0.2, 0) is 12.8 Å². The first-order valence-electron chi connectivity index (χ1n) is 7.17. The van der Waals surface area contributed by atoms with E-state index in [-0.39, 0.29) is 5.75 Å². The maximum Gasteiger partial charge on any atom is 0.167 e. The molecular weight excluding hydrogens is 283 g/mol. The number of hydrogen-bond donors (Lipinski definition) is 1. The first-order chi connectivity index (χ1) is 10.7. The van der Waals surface area contributed by atoms with Crippen LogP contribution in [0.3, 0.4) is 0 Å². The van der Waals surface area contributed by atoms with Gasteiger partial charge in [0, 0.05) is 17.4 Å². The Morgan fingerprint density at radius 2 is 2.14 bits per heavy atom. The fourth-order valence-electron chi connectivity index (χ4n) is 3.28. The van der Waals surface area contributed by atoms with Gasteiger partial charge in [-0.3, -0.25) is 0 Å². The van der Waals surface area contributed by atoms with E-state index in [1.807, 2.05) is 10.6 Å². The zero-order valence-electron chi connectivity index (χ0n) is 12.1. The lowest BCUT2D eigenvalue weighted by Crippen LogP contribution is -2.03. The molecule has 0 atom stereocenters. The van der Waals surface area contributed by atoms with Gasteiger partial charge in [0.2, 0.25) is 0 Å². The monoisotopic (exact) mass is 298 g/mol. The largest absolute Gasteiger partial charge is 0.494 e. The third kappa shape index (κ3) is 1.70. The average Bonchev–Trinajstić information content (AvgIpc) is 3.08. The number of aryl methyl sites for hydroxylation is 1. The molecular formula is C16H15FN4O. The number of ether oxygens (including phenoxy) is 1. The summed E-state index contributed by atoms with van der Waals surface area (Å²) in [6, 6.07) is 4.91. The molecule has 0 amide bonds. The van der Waals surface area contributed by atoms with E-state index in [0.29, 0.717) is 11.5 Å². The number of rotatable bonds is 2. The Hall–Kier alpha value is -2.63. The molecule has 0 aliphatic heterocycles. The van der Waals surface area contributed by atoms with Crippen LogP contribution in [0.4, 0.5) is 10.2 Å². The summed E-state index contributed by atoms with van der Waals surface area (Å²) in [5.74, 6) is 0.237. The number of nitrogens with zero attached hydrogens (tertiary/aromatic N) is 3. The van der Waals surface area contributed by atoms with E-state index >= 15 is 0 Å². The number of fused-ring (bicyclic) bond motifs is 3. The molecule has 3 aromatic rings. The van der Waals surface area contributed by atoms with Crippen molar-refractivity contribution in [3.63, 3.8) is 0 Å². The van der Waals surface area contributed by atoms with Crippen molar-refractivity contribution in [1.29, 1.82) is 0 Å². The first-order valence-corrected chi connectivity index (χ1v) is 7.17. The van der Waals surface area contributed by atoms with E-state index in [2.05, 4.69) is 9.97 Å². The highest BCUT2D eigenvalue weighted by molar-refractivity contribution is 5.91. The van der Waals surface area contributed by atoms with Crippen LogP contribution in [0.15, 0.2) is 24.5 Å². The predicted octanol–water partition coefficient (Wildman–Crippen LogP) is 2.64. The fourth-order valence-corrected chi connectivity index (χ4v) is 3.28. The van der Waals surface area contributed by atoms with Crippen molar-refractivity contribution in [2.45, 2.75) is 19.3 Å². The number of hydrogen-bond acceptors (Lipinski definition) is 4. The number of benzene rings is 1. The number of methoxy groups -OCH3 is 1. The van der Waals surface area contributed by atoms with Gasteiger partial charge < -0.3 is 15.0 Å². The summed E-state index contributed by atoms with van der Waals surface area (Å²) in [6.45, 7) is 0. The summed E-state index contributed by atoms with van der Waals surface area (Å²) in [6.07, 6.45) is 4.45. The minimum atomic E-state index is -0.399. The minimum absolute atomic E-state index is 0.223. The smallest absolute Gasteiger partial charge is 0.167 e. The van der Waals surface area contributed by atoms with Crippen LogP contribution in [0.25, 0.3) is 16.7 Å². The van der Waals surface area contributed by atoms with Crippen molar-refractivity contribution in [2.24, 2.45) is 0 Å². The molecule has 6 heteroatoms. The van der Waals surface area contributed by atoms with Gasteiger partial charge in [-0.1, -0.05) is 0 Å². The molecule has 1 aromatic carbocycles. The predicted molar refractivity (Wildman–Crippen MR) is 81.8 cm³/mol. The van der Waals surface area contributed by atoms with Gasteiger partial charge in [0.05, 0.1) is 12.6 Å². The molecule has 2 heterocycles. The minimum Gasteiger partial charge on any atom is -0.494 e. The molecule has 1 aliphatic rings. The Bertz CT molecular complexity index is 887. The maximum atomic E-state index is 14.1. The molecule has 0 saturated heterocycles. The van der Waals surface area contributed by atoms with Gasteiger partial charge in [-0.25, -0.2) is 14.4 Å². The third-order valence-electron chi connectivity index (χ3n) is 4.21. The molecule has 0 radical (unpaired) electrons. The summed E-state index contributed by atoms with van der Waals surface area (Å²) in [5, 5.41) is 0. The average molecular weight is 298 g/mol. The van der Waals surface area contributed by atoms with Gasteiger partial charge in [-0.15, -0.1) is 0 Å². The molecule has 22 heavy (non-hydrogen) atoms. The highest BCUT2D eigenvalue weighted by Crippen LogP contribution is 2.36.